The molecule has 2 nitrogen and oxygen atoms in total. The van der Waals surface area contributed by atoms with Crippen molar-refractivity contribution in [1.29, 1.82) is 0 Å². The van der Waals surface area contributed by atoms with Crippen molar-refractivity contribution in [3.8, 4) is 0 Å². The van der Waals surface area contributed by atoms with E-state index in [1.165, 1.54) is 25.2 Å². The third kappa shape index (κ3) is 2.43. The van der Waals surface area contributed by atoms with Gasteiger partial charge in [0.05, 0.1) is 0 Å². The van der Waals surface area contributed by atoms with Crippen LogP contribution in [0.1, 0.15) is 20.3 Å². The van der Waals surface area contributed by atoms with Gasteiger partial charge in [0.2, 0.25) is 0 Å². The normalized spacial score (nSPS) is 33.7. The summed E-state index contributed by atoms with van der Waals surface area (Å²) < 4.78 is 0. The molecule has 3 atom stereocenters. The van der Waals surface area contributed by atoms with Crippen LogP contribution in [0, 0.1) is 11.8 Å². The van der Waals surface area contributed by atoms with E-state index in [1.807, 2.05) is 0 Å². The Labute approximate surface area is 93.0 Å². The molecule has 1 fully saturated rings. The molecule has 0 aromatic rings. The number of nitrogens with one attached hydrogen (secondary N) is 1. The standard InChI is InChI=1S/C13H22N2/c1-10-5-4-6-13(14-10)11(2)12-7-8-15(3)9-12/h4-6,11-14H,7-9H2,1-3H3. The Morgan fingerprint density at radius 1 is 1.53 bits per heavy atom. The summed E-state index contributed by atoms with van der Waals surface area (Å²) in [7, 11) is 2.22. The molecule has 0 radical (unpaired) electrons. The van der Waals surface area contributed by atoms with Crippen molar-refractivity contribution in [3.05, 3.63) is 23.9 Å². The van der Waals surface area contributed by atoms with Crippen LogP contribution in [0.15, 0.2) is 23.9 Å². The van der Waals surface area contributed by atoms with Crippen LogP contribution in [0.3, 0.4) is 0 Å². The van der Waals surface area contributed by atoms with Gasteiger partial charge in [0.25, 0.3) is 0 Å². The van der Waals surface area contributed by atoms with Gasteiger partial charge in [-0.1, -0.05) is 19.1 Å². The lowest BCUT2D eigenvalue weighted by molar-refractivity contribution is 0.300. The fraction of sp³-hybridized carbons (Fsp3) is 0.692. The minimum absolute atomic E-state index is 0.534. The Morgan fingerprint density at radius 3 is 2.93 bits per heavy atom. The molecule has 0 aromatic heterocycles. The van der Waals surface area contributed by atoms with Crippen LogP contribution in [0.5, 0.6) is 0 Å². The van der Waals surface area contributed by atoms with Gasteiger partial charge in [0, 0.05) is 18.3 Å². The first-order valence-corrected chi connectivity index (χ1v) is 5.97. The van der Waals surface area contributed by atoms with Crippen molar-refractivity contribution in [1.82, 2.24) is 10.2 Å². The summed E-state index contributed by atoms with van der Waals surface area (Å²) in [6.07, 6.45) is 7.98. The van der Waals surface area contributed by atoms with E-state index in [4.69, 9.17) is 0 Å². The molecule has 2 rings (SSSR count). The Kier molecular flexibility index (Phi) is 3.15. The summed E-state index contributed by atoms with van der Waals surface area (Å²) in [4.78, 5) is 2.44. The number of hydrogen-bond donors (Lipinski definition) is 1. The molecule has 1 N–H and O–H groups in total. The number of rotatable bonds is 2. The Bertz CT molecular complexity index is 280. The Morgan fingerprint density at radius 2 is 2.33 bits per heavy atom. The first-order valence-electron chi connectivity index (χ1n) is 5.97. The maximum absolute atomic E-state index is 3.56. The third-order valence-electron chi connectivity index (χ3n) is 3.80. The molecule has 0 saturated carbocycles. The van der Waals surface area contributed by atoms with Crippen molar-refractivity contribution >= 4 is 0 Å². The first-order chi connectivity index (χ1) is 7.16. The van der Waals surface area contributed by atoms with Crippen LogP contribution in [0.2, 0.25) is 0 Å². The maximum Gasteiger partial charge on any atom is 0.0473 e. The van der Waals surface area contributed by atoms with Crippen LogP contribution >= 0.6 is 0 Å². The van der Waals surface area contributed by atoms with Crippen molar-refractivity contribution in [3.63, 3.8) is 0 Å². The zero-order valence-electron chi connectivity index (χ0n) is 10.0. The van der Waals surface area contributed by atoms with Gasteiger partial charge in [-0.2, -0.15) is 0 Å². The summed E-state index contributed by atoms with van der Waals surface area (Å²) >= 11 is 0. The highest BCUT2D eigenvalue weighted by molar-refractivity contribution is 5.19. The first kappa shape index (κ1) is 10.7. The zero-order valence-corrected chi connectivity index (χ0v) is 10.0. The highest BCUT2D eigenvalue weighted by Crippen LogP contribution is 2.27. The molecular formula is C13H22N2. The summed E-state index contributed by atoms with van der Waals surface area (Å²) in [5.74, 6) is 1.58. The largest absolute Gasteiger partial charge is 0.382 e. The molecule has 0 spiro atoms. The molecular weight excluding hydrogens is 184 g/mol. The van der Waals surface area contributed by atoms with Gasteiger partial charge in [-0.3, -0.25) is 0 Å². The van der Waals surface area contributed by atoms with E-state index in [-0.39, 0.29) is 0 Å². The molecule has 3 unspecified atom stereocenters. The lowest BCUT2D eigenvalue weighted by Crippen LogP contribution is -2.37. The molecule has 0 bridgehead atoms. The van der Waals surface area contributed by atoms with E-state index in [1.54, 1.807) is 0 Å². The SMILES string of the molecule is CC1=CC=CC(C(C)C2CCN(C)C2)N1. The molecule has 1 saturated heterocycles. The molecule has 0 aliphatic carbocycles. The van der Waals surface area contributed by atoms with E-state index < -0.39 is 0 Å². The Balaban J connectivity index is 1.94. The fourth-order valence-electron chi connectivity index (χ4n) is 2.68. The average molecular weight is 206 g/mol. The lowest BCUT2D eigenvalue weighted by atomic mass is 9.86. The van der Waals surface area contributed by atoms with Gasteiger partial charge in [-0.05, 0) is 44.8 Å². The lowest BCUT2D eigenvalue weighted by Gasteiger charge is -2.29. The topological polar surface area (TPSA) is 15.3 Å². The summed E-state index contributed by atoms with van der Waals surface area (Å²) in [5.41, 5.74) is 1.29. The average Bonchev–Trinajstić information content (AvgIpc) is 2.64. The van der Waals surface area contributed by atoms with Gasteiger partial charge < -0.3 is 10.2 Å². The molecule has 2 heterocycles. The van der Waals surface area contributed by atoms with Crippen LogP contribution in [-0.2, 0) is 0 Å². The van der Waals surface area contributed by atoms with Gasteiger partial charge in [-0.25, -0.2) is 0 Å². The highest BCUT2D eigenvalue weighted by Gasteiger charge is 2.29. The number of allylic oxidation sites excluding steroid dienone is 3. The minimum Gasteiger partial charge on any atom is -0.382 e. The van der Waals surface area contributed by atoms with Gasteiger partial charge in [0.15, 0.2) is 0 Å². The molecule has 0 amide bonds. The van der Waals surface area contributed by atoms with Crippen LogP contribution in [0.25, 0.3) is 0 Å². The number of nitrogens with zero attached hydrogens (tertiary/aromatic N) is 1. The van der Waals surface area contributed by atoms with E-state index in [9.17, 15) is 0 Å². The second kappa shape index (κ2) is 4.40. The molecule has 0 aromatic carbocycles. The van der Waals surface area contributed by atoms with Crippen LogP contribution < -0.4 is 5.32 Å². The maximum atomic E-state index is 3.56. The van der Waals surface area contributed by atoms with Crippen LogP contribution in [-0.4, -0.2) is 31.1 Å². The van der Waals surface area contributed by atoms with Crippen LogP contribution in [0.4, 0.5) is 0 Å². The molecule has 2 aliphatic rings. The predicted molar refractivity (Wildman–Crippen MR) is 64.6 cm³/mol. The van der Waals surface area contributed by atoms with Crippen molar-refractivity contribution in [2.24, 2.45) is 11.8 Å². The minimum atomic E-state index is 0.534. The Hall–Kier alpha value is -0.760. The summed E-state index contributed by atoms with van der Waals surface area (Å²) in [6, 6.07) is 0.534. The van der Waals surface area contributed by atoms with E-state index in [0.717, 1.165) is 11.8 Å². The van der Waals surface area contributed by atoms with Crippen molar-refractivity contribution in [2.45, 2.75) is 26.3 Å². The number of dihydropyridines is 1. The summed E-state index contributed by atoms with van der Waals surface area (Å²) in [6.45, 7) is 7.05. The third-order valence-corrected chi connectivity index (χ3v) is 3.80. The molecule has 84 valence electrons. The predicted octanol–water partition coefficient (Wildman–Crippen LogP) is 2.01. The van der Waals surface area contributed by atoms with Gasteiger partial charge in [0.1, 0.15) is 0 Å². The van der Waals surface area contributed by atoms with E-state index in [2.05, 4.69) is 49.3 Å². The number of hydrogen-bond acceptors (Lipinski definition) is 2. The second-order valence-corrected chi connectivity index (χ2v) is 5.07. The fourth-order valence-corrected chi connectivity index (χ4v) is 2.68. The quantitative estimate of drug-likeness (QED) is 0.743. The molecule has 2 heteroatoms. The van der Waals surface area contributed by atoms with Crippen molar-refractivity contribution < 1.29 is 0 Å². The number of likely N-dealkylation sites (tertiary alicyclic amines) is 1. The monoisotopic (exact) mass is 206 g/mol. The smallest absolute Gasteiger partial charge is 0.0473 e. The van der Waals surface area contributed by atoms with Gasteiger partial charge in [-0.15, -0.1) is 0 Å². The summed E-state index contributed by atoms with van der Waals surface area (Å²) in [5, 5.41) is 3.56. The molecule has 2 aliphatic heterocycles. The van der Waals surface area contributed by atoms with E-state index in [0.29, 0.717) is 6.04 Å². The second-order valence-electron chi connectivity index (χ2n) is 5.07. The zero-order chi connectivity index (χ0) is 10.8. The van der Waals surface area contributed by atoms with Crippen molar-refractivity contribution in [2.75, 3.05) is 20.1 Å². The van der Waals surface area contributed by atoms with E-state index >= 15 is 0 Å². The highest BCUT2D eigenvalue weighted by atomic mass is 15.1. The molecule has 15 heavy (non-hydrogen) atoms. The van der Waals surface area contributed by atoms with Gasteiger partial charge >= 0.3 is 0 Å².